The minimum absolute atomic E-state index is 0.222. The molecule has 4 heteroatoms. The molecule has 0 spiro atoms. The standard InChI is InChI=1S/C13H18NOS2/c1-15-11-5-6-13-12(7-11)10(9-16-2)8-14(13)17(3)4/h5-8H,9H2,1-4H3/q+1. The van der Waals surface area contributed by atoms with Gasteiger partial charge in [0.15, 0.2) is 0 Å². The molecular formula is C13H18NOS2+. The third kappa shape index (κ3) is 2.43. The van der Waals surface area contributed by atoms with Crippen molar-refractivity contribution < 1.29 is 4.74 Å². The first-order chi connectivity index (χ1) is 8.17. The number of hydrogen-bond acceptors (Lipinski definition) is 2. The summed E-state index contributed by atoms with van der Waals surface area (Å²) >= 11 is 2.08. The maximum Gasteiger partial charge on any atom is 0.123 e. The highest BCUT2D eigenvalue weighted by Gasteiger charge is 2.16. The predicted molar refractivity (Wildman–Crippen MR) is 80.3 cm³/mol. The highest BCUT2D eigenvalue weighted by Crippen LogP contribution is 2.29. The Morgan fingerprint density at radius 2 is 2.12 bits per heavy atom. The SMILES string of the molecule is COc1ccc2c(c1)c(CSC)cn2[S+](C)C. The van der Waals surface area contributed by atoms with Crippen LogP contribution in [0.3, 0.4) is 0 Å². The van der Waals surface area contributed by atoms with Crippen LogP contribution in [-0.2, 0) is 16.8 Å². The van der Waals surface area contributed by atoms with Crippen molar-refractivity contribution in [2.24, 2.45) is 0 Å². The van der Waals surface area contributed by atoms with Gasteiger partial charge in [-0.15, -0.1) is 0 Å². The second kappa shape index (κ2) is 5.27. The maximum absolute atomic E-state index is 5.31. The lowest BCUT2D eigenvalue weighted by Gasteiger charge is -2.02. The normalized spacial score (nSPS) is 11.4. The molecule has 2 aromatic rings. The second-order valence-electron chi connectivity index (χ2n) is 4.07. The molecule has 0 unspecified atom stereocenters. The number of fused-ring (bicyclic) bond motifs is 1. The van der Waals surface area contributed by atoms with E-state index in [1.807, 2.05) is 17.8 Å². The van der Waals surface area contributed by atoms with E-state index in [1.165, 1.54) is 16.5 Å². The van der Waals surface area contributed by atoms with Gasteiger partial charge >= 0.3 is 0 Å². The number of rotatable bonds is 4. The fraction of sp³-hybridized carbons (Fsp3) is 0.385. The van der Waals surface area contributed by atoms with Crippen molar-refractivity contribution >= 4 is 33.7 Å². The van der Waals surface area contributed by atoms with Crippen molar-refractivity contribution in [2.45, 2.75) is 5.75 Å². The summed E-state index contributed by atoms with van der Waals surface area (Å²) in [4.78, 5) is 0. The highest BCUT2D eigenvalue weighted by atomic mass is 32.2. The van der Waals surface area contributed by atoms with Gasteiger partial charge in [0.05, 0.1) is 29.9 Å². The largest absolute Gasteiger partial charge is 0.497 e. The van der Waals surface area contributed by atoms with E-state index in [2.05, 4.69) is 41.1 Å². The molecule has 1 aromatic heterocycles. The summed E-state index contributed by atoms with van der Waals surface area (Å²) in [5.74, 6) is 1.98. The first-order valence-electron chi connectivity index (χ1n) is 5.42. The van der Waals surface area contributed by atoms with Crippen molar-refractivity contribution in [2.75, 3.05) is 25.9 Å². The number of nitrogens with zero attached hydrogens (tertiary/aromatic N) is 1. The van der Waals surface area contributed by atoms with Crippen LogP contribution in [0.15, 0.2) is 24.4 Å². The Kier molecular flexibility index (Phi) is 3.94. The van der Waals surface area contributed by atoms with Crippen LogP contribution in [0.4, 0.5) is 0 Å². The number of benzene rings is 1. The molecular weight excluding hydrogens is 250 g/mol. The third-order valence-electron chi connectivity index (χ3n) is 2.75. The maximum atomic E-state index is 5.31. The minimum atomic E-state index is 0.222. The zero-order chi connectivity index (χ0) is 12.4. The average Bonchev–Trinajstić information content (AvgIpc) is 2.68. The molecule has 0 fully saturated rings. The van der Waals surface area contributed by atoms with Gasteiger partial charge in [-0.25, -0.2) is 0 Å². The molecule has 0 atom stereocenters. The molecule has 0 N–H and O–H groups in total. The van der Waals surface area contributed by atoms with E-state index in [0.29, 0.717) is 0 Å². The van der Waals surface area contributed by atoms with Gasteiger partial charge < -0.3 is 4.74 Å². The quantitative estimate of drug-likeness (QED) is 0.791. The first-order valence-corrected chi connectivity index (χ1v) is 8.81. The number of thioether (sulfide) groups is 1. The summed E-state index contributed by atoms with van der Waals surface area (Å²) in [6.45, 7) is 0. The van der Waals surface area contributed by atoms with Gasteiger partial charge in [0.2, 0.25) is 0 Å². The van der Waals surface area contributed by atoms with E-state index in [4.69, 9.17) is 4.74 Å². The second-order valence-corrected chi connectivity index (χ2v) is 6.88. The molecule has 92 valence electrons. The number of methoxy groups -OCH3 is 1. The van der Waals surface area contributed by atoms with Crippen LogP contribution in [0.5, 0.6) is 5.75 Å². The molecule has 2 rings (SSSR count). The van der Waals surface area contributed by atoms with Crippen molar-refractivity contribution in [3.63, 3.8) is 0 Å². The average molecular weight is 268 g/mol. The van der Waals surface area contributed by atoms with E-state index in [-0.39, 0.29) is 11.1 Å². The lowest BCUT2D eigenvalue weighted by molar-refractivity contribution is 0.415. The Bertz CT molecular complexity index is 519. The summed E-state index contributed by atoms with van der Waals surface area (Å²) in [7, 11) is 1.72. The topological polar surface area (TPSA) is 14.2 Å². The van der Waals surface area contributed by atoms with Crippen LogP contribution in [0.1, 0.15) is 5.56 Å². The fourth-order valence-electron chi connectivity index (χ4n) is 1.94. The Labute approximate surface area is 110 Å². The summed E-state index contributed by atoms with van der Waals surface area (Å²) in [5, 5.41) is 1.32. The number of ether oxygens (including phenoxy) is 1. The lowest BCUT2D eigenvalue weighted by atomic mass is 10.2. The van der Waals surface area contributed by atoms with E-state index in [1.54, 1.807) is 7.11 Å². The molecule has 0 aliphatic heterocycles. The van der Waals surface area contributed by atoms with Gasteiger partial charge in [-0.1, -0.05) is 0 Å². The molecule has 0 radical (unpaired) electrons. The van der Waals surface area contributed by atoms with E-state index < -0.39 is 0 Å². The zero-order valence-corrected chi connectivity index (χ0v) is 12.3. The monoisotopic (exact) mass is 268 g/mol. The van der Waals surface area contributed by atoms with Gasteiger partial charge in [-0.2, -0.15) is 15.7 Å². The summed E-state index contributed by atoms with van der Waals surface area (Å²) in [5.41, 5.74) is 2.70. The summed E-state index contributed by atoms with van der Waals surface area (Å²) < 4.78 is 7.67. The van der Waals surface area contributed by atoms with E-state index >= 15 is 0 Å². The number of aromatic nitrogens is 1. The van der Waals surface area contributed by atoms with Crippen molar-refractivity contribution in [1.82, 2.24) is 3.97 Å². The summed E-state index contributed by atoms with van der Waals surface area (Å²) in [6, 6.07) is 6.34. The molecule has 0 saturated carbocycles. The fourth-order valence-corrected chi connectivity index (χ4v) is 3.38. The molecule has 0 saturated heterocycles. The molecule has 2 nitrogen and oxygen atoms in total. The Hall–Kier alpha value is -0.740. The van der Waals surface area contributed by atoms with Gasteiger partial charge in [0, 0.05) is 11.1 Å². The van der Waals surface area contributed by atoms with Gasteiger partial charge in [0.1, 0.15) is 18.3 Å². The van der Waals surface area contributed by atoms with Gasteiger partial charge in [-0.3, -0.25) is 0 Å². The number of hydrogen-bond donors (Lipinski definition) is 0. The zero-order valence-electron chi connectivity index (χ0n) is 10.7. The van der Waals surface area contributed by atoms with Crippen LogP contribution in [-0.4, -0.2) is 29.8 Å². The lowest BCUT2D eigenvalue weighted by Crippen LogP contribution is -2.06. The van der Waals surface area contributed by atoms with E-state index in [0.717, 1.165) is 11.5 Å². The minimum Gasteiger partial charge on any atom is -0.497 e. The van der Waals surface area contributed by atoms with Crippen LogP contribution < -0.4 is 4.74 Å². The van der Waals surface area contributed by atoms with Crippen molar-refractivity contribution in [1.29, 1.82) is 0 Å². The third-order valence-corrected chi connectivity index (χ3v) is 4.44. The Balaban J connectivity index is 2.63. The van der Waals surface area contributed by atoms with E-state index in [9.17, 15) is 0 Å². The Morgan fingerprint density at radius 1 is 1.35 bits per heavy atom. The highest BCUT2D eigenvalue weighted by molar-refractivity contribution is 7.97. The van der Waals surface area contributed by atoms with Gasteiger partial charge in [0.25, 0.3) is 0 Å². The van der Waals surface area contributed by atoms with Crippen molar-refractivity contribution in [3.8, 4) is 5.75 Å². The Morgan fingerprint density at radius 3 is 2.71 bits per heavy atom. The van der Waals surface area contributed by atoms with Crippen LogP contribution in [0, 0.1) is 0 Å². The summed E-state index contributed by atoms with van der Waals surface area (Å²) in [6.07, 6.45) is 8.91. The van der Waals surface area contributed by atoms with Gasteiger partial charge in [-0.05, 0) is 30.0 Å². The molecule has 0 amide bonds. The predicted octanol–water partition coefficient (Wildman–Crippen LogP) is 3.15. The van der Waals surface area contributed by atoms with Crippen molar-refractivity contribution in [3.05, 3.63) is 30.0 Å². The first kappa shape index (κ1) is 12.7. The molecule has 0 aliphatic carbocycles. The van der Waals surface area contributed by atoms with Crippen LogP contribution in [0.2, 0.25) is 0 Å². The molecule has 0 bridgehead atoms. The smallest absolute Gasteiger partial charge is 0.123 e. The van der Waals surface area contributed by atoms with Crippen LogP contribution >= 0.6 is 11.8 Å². The van der Waals surface area contributed by atoms with Crippen LogP contribution in [0.25, 0.3) is 10.9 Å². The molecule has 17 heavy (non-hydrogen) atoms. The molecule has 0 aliphatic rings. The molecule has 1 heterocycles. The molecule has 1 aromatic carbocycles.